The zero-order valence-corrected chi connectivity index (χ0v) is 37.0. The highest BCUT2D eigenvalue weighted by Gasteiger charge is 2.53. The Labute approximate surface area is 372 Å². The Hall–Kier alpha value is -2.05. The van der Waals surface area contributed by atoms with Crippen LogP contribution in [0.25, 0.3) is 0 Å². The molecule has 3 heterocycles. The summed E-state index contributed by atoms with van der Waals surface area (Å²) >= 11 is 0. The largest absolute Gasteiger partial charge is 0.394 e. The number of nitrogens with one attached hydrogen (secondary N) is 1. The van der Waals surface area contributed by atoms with Crippen molar-refractivity contribution < 1.29 is 84.3 Å². The first kappa shape index (κ1) is 55.3. The molecular formula is C45H77NO17. The van der Waals surface area contributed by atoms with E-state index in [1.807, 2.05) is 0 Å². The lowest BCUT2D eigenvalue weighted by atomic mass is 9.96. The van der Waals surface area contributed by atoms with Crippen LogP contribution in [0.4, 0.5) is 0 Å². The molecule has 364 valence electrons. The molecule has 3 saturated heterocycles. The van der Waals surface area contributed by atoms with Crippen LogP contribution in [0.3, 0.4) is 0 Å². The Morgan fingerprint density at radius 2 is 0.937 bits per heavy atom. The highest BCUT2D eigenvalue weighted by atomic mass is 16.8. The number of hydrogen-bond acceptors (Lipinski definition) is 17. The van der Waals surface area contributed by atoms with Crippen molar-refractivity contribution in [3.8, 4) is 23.7 Å². The summed E-state index contributed by atoms with van der Waals surface area (Å²) in [5.74, 6) is 12.2. The van der Waals surface area contributed by atoms with Crippen molar-refractivity contribution in [2.45, 2.75) is 221 Å². The molecule has 0 aromatic carbocycles. The molecule has 11 N–H and O–H groups in total. The number of ether oxygens (including phenoxy) is 6. The molecule has 0 aliphatic carbocycles. The van der Waals surface area contributed by atoms with Gasteiger partial charge in [0.2, 0.25) is 5.91 Å². The minimum absolute atomic E-state index is 0.0271. The lowest BCUT2D eigenvalue weighted by molar-refractivity contribution is -0.379. The van der Waals surface area contributed by atoms with Gasteiger partial charge >= 0.3 is 0 Å². The summed E-state index contributed by atoms with van der Waals surface area (Å²) in [7, 11) is 0. The molecule has 0 aromatic rings. The van der Waals surface area contributed by atoms with Crippen molar-refractivity contribution in [3.63, 3.8) is 0 Å². The summed E-state index contributed by atoms with van der Waals surface area (Å²) in [4.78, 5) is 12.3. The highest BCUT2D eigenvalue weighted by molar-refractivity contribution is 5.75. The van der Waals surface area contributed by atoms with Crippen LogP contribution >= 0.6 is 0 Å². The van der Waals surface area contributed by atoms with Crippen molar-refractivity contribution in [2.75, 3.05) is 33.0 Å². The van der Waals surface area contributed by atoms with Crippen molar-refractivity contribution in [3.05, 3.63) is 0 Å². The molecule has 15 atom stereocenters. The maximum atomic E-state index is 12.3. The van der Waals surface area contributed by atoms with Crippen molar-refractivity contribution in [1.82, 2.24) is 5.32 Å². The number of unbranched alkanes of at least 4 members (excludes halogenated alkanes) is 15. The van der Waals surface area contributed by atoms with Crippen molar-refractivity contribution in [1.29, 1.82) is 0 Å². The van der Waals surface area contributed by atoms with Crippen LogP contribution in [-0.2, 0) is 33.2 Å². The molecule has 0 spiro atoms. The third-order valence-corrected chi connectivity index (χ3v) is 11.6. The minimum Gasteiger partial charge on any atom is -0.394 e. The van der Waals surface area contributed by atoms with Crippen LogP contribution in [0.5, 0.6) is 0 Å². The number of aliphatic hydroxyl groups excluding tert-OH is 10. The topological polar surface area (TPSA) is 287 Å². The van der Waals surface area contributed by atoms with Gasteiger partial charge in [-0.3, -0.25) is 4.79 Å². The second kappa shape index (κ2) is 31.8. The number of carbonyl (C=O) groups excluding carboxylic acids is 1. The number of carbonyl (C=O) groups is 1. The Bertz CT molecular complexity index is 1350. The molecule has 3 rings (SSSR count). The predicted octanol–water partition coefficient (Wildman–Crippen LogP) is 0.00610. The van der Waals surface area contributed by atoms with Crippen molar-refractivity contribution in [2.24, 2.45) is 0 Å². The molecule has 0 aromatic heterocycles. The first-order valence-electron chi connectivity index (χ1n) is 23.2. The summed E-state index contributed by atoms with van der Waals surface area (Å²) in [6, 6.07) is 0. The van der Waals surface area contributed by atoms with Gasteiger partial charge in [-0.2, -0.15) is 0 Å². The average molecular weight is 904 g/mol. The van der Waals surface area contributed by atoms with Gasteiger partial charge in [0, 0.05) is 25.8 Å². The molecule has 1 amide bonds. The Morgan fingerprint density at radius 3 is 1.44 bits per heavy atom. The quantitative estimate of drug-likeness (QED) is 0.0348. The molecule has 18 heteroatoms. The van der Waals surface area contributed by atoms with E-state index in [9.17, 15) is 55.9 Å². The van der Waals surface area contributed by atoms with Gasteiger partial charge in [-0.25, -0.2) is 0 Å². The lowest BCUT2D eigenvalue weighted by Crippen LogP contribution is -2.66. The zero-order chi connectivity index (χ0) is 46.0. The fourth-order valence-corrected chi connectivity index (χ4v) is 7.71. The smallest absolute Gasteiger partial charge is 0.219 e. The van der Waals surface area contributed by atoms with E-state index in [2.05, 4.69) is 35.9 Å². The van der Waals surface area contributed by atoms with Gasteiger partial charge in [-0.1, -0.05) is 95.8 Å². The number of rotatable bonds is 29. The summed E-state index contributed by atoms with van der Waals surface area (Å²) in [6.45, 7) is 0.266. The molecule has 3 fully saturated rings. The number of aliphatic hydroxyl groups is 10. The van der Waals surface area contributed by atoms with Gasteiger partial charge in [-0.15, -0.1) is 0 Å². The van der Waals surface area contributed by atoms with Crippen LogP contribution in [0.15, 0.2) is 0 Å². The van der Waals surface area contributed by atoms with Gasteiger partial charge in [0.1, 0.15) is 73.2 Å². The maximum absolute atomic E-state index is 12.3. The first-order valence-corrected chi connectivity index (χ1v) is 23.2. The second-order valence-electron chi connectivity index (χ2n) is 16.7. The van der Waals surface area contributed by atoms with E-state index in [0.717, 1.165) is 57.8 Å². The Morgan fingerprint density at radius 1 is 0.508 bits per heavy atom. The summed E-state index contributed by atoms with van der Waals surface area (Å²) in [5.41, 5.74) is 0. The fraction of sp³-hybridized carbons (Fsp3) is 0.889. The first-order chi connectivity index (χ1) is 30.5. The van der Waals surface area contributed by atoms with Crippen LogP contribution in [-0.4, -0.2) is 182 Å². The maximum Gasteiger partial charge on any atom is 0.219 e. The normalized spacial score (nSPS) is 33.2. The molecule has 63 heavy (non-hydrogen) atoms. The van der Waals surface area contributed by atoms with Gasteiger partial charge < -0.3 is 84.8 Å². The lowest BCUT2D eigenvalue weighted by Gasteiger charge is -2.48. The number of amides is 1. The molecule has 0 bridgehead atoms. The zero-order valence-electron chi connectivity index (χ0n) is 37.0. The van der Waals surface area contributed by atoms with Gasteiger partial charge in [-0.05, 0) is 37.5 Å². The van der Waals surface area contributed by atoms with Crippen molar-refractivity contribution >= 4 is 5.91 Å². The third kappa shape index (κ3) is 19.0. The van der Waals surface area contributed by atoms with E-state index in [-0.39, 0.29) is 12.5 Å². The van der Waals surface area contributed by atoms with Gasteiger partial charge in [0.15, 0.2) is 18.9 Å². The van der Waals surface area contributed by atoms with Crippen LogP contribution < -0.4 is 5.32 Å². The second-order valence-corrected chi connectivity index (χ2v) is 16.7. The van der Waals surface area contributed by atoms with E-state index < -0.39 is 112 Å². The molecule has 0 saturated carbocycles. The SMILES string of the molecule is CCCCCCCCCCCC#CC#CCCCCCCCCC(=O)NCCCO[C@@H]1O[C@H](CO)[C@@H](O[C@H]2O[C@H](CO)[C@@H](O[C@H]3O[C@H](CO)[C@@H](O)[C@H](O)[C@H]3O)[C@H](O)[C@H]2O)[C@H](O)[C@H]1O. The average Bonchev–Trinajstić information content (AvgIpc) is 3.28. The standard InChI is InChI=1S/C45H77NO17/c1-2-3-4-5-6-7-8-9-10-11-12-13-14-15-16-17-18-19-20-21-22-24-33(50)46-25-23-26-58-43-39(56)36(53)41(31(28-48)60-43)63-45-40(57)37(54)42(32(29-49)61-45)62-44-38(55)35(52)34(51)30(27-47)59-44/h30-32,34-45,47-49,51-57H,2-11,16-29H2,1H3,(H,46,50)/t30-,31-,32-,34-,35+,36-,37-,38-,39-,40-,41-,42-,43-,44-,45-/m1/s1. The summed E-state index contributed by atoms with van der Waals surface area (Å²) in [6.07, 6.45) is -4.33. The van der Waals surface area contributed by atoms with Crippen LogP contribution in [0, 0.1) is 23.7 Å². The van der Waals surface area contributed by atoms with E-state index >= 15 is 0 Å². The monoisotopic (exact) mass is 904 g/mol. The number of hydrogen-bond donors (Lipinski definition) is 11. The Balaban J connectivity index is 1.25. The van der Waals surface area contributed by atoms with E-state index in [1.54, 1.807) is 0 Å². The van der Waals surface area contributed by atoms with Gasteiger partial charge in [0.25, 0.3) is 0 Å². The summed E-state index contributed by atoms with van der Waals surface area (Å²) < 4.78 is 33.4. The molecule has 3 aliphatic heterocycles. The molecular weight excluding hydrogens is 826 g/mol. The minimum atomic E-state index is -1.93. The van der Waals surface area contributed by atoms with E-state index in [1.165, 1.54) is 51.4 Å². The van der Waals surface area contributed by atoms with E-state index in [4.69, 9.17) is 28.4 Å². The molecule has 0 unspecified atom stereocenters. The van der Waals surface area contributed by atoms with Crippen LogP contribution in [0.1, 0.15) is 129 Å². The molecule has 3 aliphatic rings. The molecule has 0 radical (unpaired) electrons. The third-order valence-electron chi connectivity index (χ3n) is 11.6. The predicted molar refractivity (Wildman–Crippen MR) is 227 cm³/mol. The Kier molecular flexibility index (Phi) is 27.9. The van der Waals surface area contributed by atoms with Crippen LogP contribution in [0.2, 0.25) is 0 Å². The summed E-state index contributed by atoms with van der Waals surface area (Å²) in [5, 5.41) is 106. The highest BCUT2D eigenvalue weighted by Crippen LogP contribution is 2.32. The van der Waals surface area contributed by atoms with Gasteiger partial charge in [0.05, 0.1) is 26.4 Å². The molecule has 18 nitrogen and oxygen atoms in total. The fourth-order valence-electron chi connectivity index (χ4n) is 7.71. The van der Waals surface area contributed by atoms with E-state index in [0.29, 0.717) is 19.4 Å².